The third-order valence-electron chi connectivity index (χ3n) is 2.08. The molecular formula is C11H16O2. The number of aliphatic hydroxyl groups is 2. The summed E-state index contributed by atoms with van der Waals surface area (Å²) in [6.45, 7) is 1.77. The molecule has 1 atom stereocenters. The fourth-order valence-electron chi connectivity index (χ4n) is 1.36. The molecule has 1 aromatic rings. The Bertz CT molecular complexity index is 242. The molecular weight excluding hydrogens is 164 g/mol. The van der Waals surface area contributed by atoms with E-state index in [0.717, 1.165) is 5.56 Å². The maximum absolute atomic E-state index is 9.81. The molecule has 0 aliphatic heterocycles. The van der Waals surface area contributed by atoms with E-state index in [1.165, 1.54) is 0 Å². The molecule has 2 nitrogen and oxygen atoms in total. The van der Waals surface area contributed by atoms with Crippen LogP contribution in [0.4, 0.5) is 0 Å². The van der Waals surface area contributed by atoms with E-state index < -0.39 is 5.60 Å². The number of benzene rings is 1. The van der Waals surface area contributed by atoms with Gasteiger partial charge >= 0.3 is 0 Å². The zero-order valence-corrected chi connectivity index (χ0v) is 7.90. The average Bonchev–Trinajstić information content (AvgIpc) is 2.04. The highest BCUT2D eigenvalue weighted by molar-refractivity contribution is 5.16. The first kappa shape index (κ1) is 10.2. The molecule has 2 heteroatoms. The van der Waals surface area contributed by atoms with E-state index in [0.29, 0.717) is 12.8 Å². The molecule has 0 aliphatic rings. The Morgan fingerprint density at radius 1 is 1.23 bits per heavy atom. The van der Waals surface area contributed by atoms with Gasteiger partial charge in [0, 0.05) is 13.0 Å². The van der Waals surface area contributed by atoms with Gasteiger partial charge in [-0.3, -0.25) is 0 Å². The molecule has 2 N–H and O–H groups in total. The van der Waals surface area contributed by atoms with Crippen molar-refractivity contribution >= 4 is 0 Å². The summed E-state index contributed by atoms with van der Waals surface area (Å²) in [5.74, 6) is 0. The minimum absolute atomic E-state index is 0.0276. The zero-order valence-electron chi connectivity index (χ0n) is 7.90. The van der Waals surface area contributed by atoms with Crippen molar-refractivity contribution in [1.82, 2.24) is 0 Å². The molecule has 0 aliphatic carbocycles. The minimum Gasteiger partial charge on any atom is -0.396 e. The predicted octanol–water partition coefficient (Wildman–Crippen LogP) is 1.36. The van der Waals surface area contributed by atoms with E-state index in [-0.39, 0.29) is 6.61 Å². The summed E-state index contributed by atoms with van der Waals surface area (Å²) in [6.07, 6.45) is 1.01. The Labute approximate surface area is 78.8 Å². The molecule has 1 aromatic carbocycles. The van der Waals surface area contributed by atoms with Gasteiger partial charge in [-0.25, -0.2) is 0 Å². The van der Waals surface area contributed by atoms with Crippen molar-refractivity contribution in [3.05, 3.63) is 35.9 Å². The van der Waals surface area contributed by atoms with Crippen molar-refractivity contribution in [1.29, 1.82) is 0 Å². The van der Waals surface area contributed by atoms with Crippen LogP contribution in [-0.2, 0) is 6.42 Å². The molecule has 0 heterocycles. The monoisotopic (exact) mass is 180 g/mol. The molecule has 72 valence electrons. The Hall–Kier alpha value is -0.860. The lowest BCUT2D eigenvalue weighted by Gasteiger charge is -2.21. The van der Waals surface area contributed by atoms with Gasteiger partial charge in [-0.15, -0.1) is 0 Å². The maximum Gasteiger partial charge on any atom is 0.0681 e. The van der Waals surface area contributed by atoms with E-state index in [9.17, 15) is 5.11 Å². The summed E-state index contributed by atoms with van der Waals surface area (Å²) in [5.41, 5.74) is 0.303. The van der Waals surface area contributed by atoms with E-state index in [2.05, 4.69) is 0 Å². The average molecular weight is 180 g/mol. The quantitative estimate of drug-likeness (QED) is 0.734. The molecule has 0 bridgehead atoms. The number of hydrogen-bond acceptors (Lipinski definition) is 2. The highest BCUT2D eigenvalue weighted by Crippen LogP contribution is 2.15. The van der Waals surface area contributed by atoms with Crippen LogP contribution in [-0.4, -0.2) is 22.4 Å². The molecule has 0 amide bonds. The first-order chi connectivity index (χ1) is 6.14. The van der Waals surface area contributed by atoms with Crippen LogP contribution in [0, 0.1) is 0 Å². The second-order valence-electron chi connectivity index (χ2n) is 3.63. The van der Waals surface area contributed by atoms with Gasteiger partial charge in [0.25, 0.3) is 0 Å². The van der Waals surface area contributed by atoms with Gasteiger partial charge in [0.15, 0.2) is 0 Å². The van der Waals surface area contributed by atoms with Crippen molar-refractivity contribution in [3.8, 4) is 0 Å². The number of hydrogen-bond donors (Lipinski definition) is 2. The van der Waals surface area contributed by atoms with Crippen molar-refractivity contribution < 1.29 is 10.2 Å². The summed E-state index contributed by atoms with van der Waals surface area (Å²) >= 11 is 0. The molecule has 1 unspecified atom stereocenters. The zero-order chi connectivity index (χ0) is 9.73. The van der Waals surface area contributed by atoms with Crippen molar-refractivity contribution in [2.75, 3.05) is 6.61 Å². The van der Waals surface area contributed by atoms with E-state index in [1.807, 2.05) is 30.3 Å². The van der Waals surface area contributed by atoms with Crippen molar-refractivity contribution in [2.45, 2.75) is 25.4 Å². The van der Waals surface area contributed by atoms with Gasteiger partial charge in [0.1, 0.15) is 0 Å². The molecule has 0 radical (unpaired) electrons. The lowest BCUT2D eigenvalue weighted by molar-refractivity contribution is 0.0338. The Kier molecular flexibility index (Phi) is 3.46. The Morgan fingerprint density at radius 3 is 2.38 bits per heavy atom. The summed E-state index contributed by atoms with van der Waals surface area (Å²) in [6, 6.07) is 9.80. The van der Waals surface area contributed by atoms with Crippen molar-refractivity contribution in [2.24, 2.45) is 0 Å². The molecule has 0 saturated carbocycles. The second kappa shape index (κ2) is 4.40. The highest BCUT2D eigenvalue weighted by Gasteiger charge is 2.19. The third kappa shape index (κ3) is 3.57. The van der Waals surface area contributed by atoms with Gasteiger partial charge in [-0.05, 0) is 18.9 Å². The highest BCUT2D eigenvalue weighted by atomic mass is 16.3. The molecule has 0 spiro atoms. The third-order valence-corrected chi connectivity index (χ3v) is 2.08. The van der Waals surface area contributed by atoms with Crippen LogP contribution in [0.3, 0.4) is 0 Å². The predicted molar refractivity (Wildman–Crippen MR) is 52.5 cm³/mol. The van der Waals surface area contributed by atoms with Crippen molar-refractivity contribution in [3.63, 3.8) is 0 Å². The SMILES string of the molecule is CC(O)(CCO)Cc1ccccc1. The molecule has 0 saturated heterocycles. The van der Waals surface area contributed by atoms with Gasteiger partial charge in [0.05, 0.1) is 5.60 Å². The summed E-state index contributed by atoms with van der Waals surface area (Å²) in [7, 11) is 0. The molecule has 1 rings (SSSR count). The van der Waals surface area contributed by atoms with Crippen LogP contribution in [0.25, 0.3) is 0 Å². The Morgan fingerprint density at radius 2 is 1.85 bits per heavy atom. The lowest BCUT2D eigenvalue weighted by Crippen LogP contribution is -2.28. The van der Waals surface area contributed by atoms with E-state index >= 15 is 0 Å². The van der Waals surface area contributed by atoms with Crippen LogP contribution in [0.2, 0.25) is 0 Å². The van der Waals surface area contributed by atoms with Gasteiger partial charge in [0.2, 0.25) is 0 Å². The Balaban J connectivity index is 2.58. The molecule has 0 aromatic heterocycles. The first-order valence-corrected chi connectivity index (χ1v) is 4.51. The van der Waals surface area contributed by atoms with E-state index in [4.69, 9.17) is 5.11 Å². The van der Waals surface area contributed by atoms with Gasteiger partial charge in [-0.2, -0.15) is 0 Å². The van der Waals surface area contributed by atoms with Gasteiger partial charge < -0.3 is 10.2 Å². The fraction of sp³-hybridized carbons (Fsp3) is 0.455. The maximum atomic E-state index is 9.81. The smallest absolute Gasteiger partial charge is 0.0681 e. The summed E-state index contributed by atoms with van der Waals surface area (Å²) in [4.78, 5) is 0. The first-order valence-electron chi connectivity index (χ1n) is 4.51. The number of rotatable bonds is 4. The normalized spacial score (nSPS) is 15.3. The number of aliphatic hydroxyl groups excluding tert-OH is 1. The standard InChI is InChI=1S/C11H16O2/c1-11(13,7-8-12)9-10-5-3-2-4-6-10/h2-6,12-13H,7-9H2,1H3. The lowest BCUT2D eigenvalue weighted by atomic mass is 9.94. The fourth-order valence-corrected chi connectivity index (χ4v) is 1.36. The van der Waals surface area contributed by atoms with E-state index in [1.54, 1.807) is 6.92 Å². The van der Waals surface area contributed by atoms with Crippen LogP contribution < -0.4 is 0 Å². The largest absolute Gasteiger partial charge is 0.396 e. The molecule has 13 heavy (non-hydrogen) atoms. The summed E-state index contributed by atoms with van der Waals surface area (Å²) in [5, 5.41) is 18.5. The van der Waals surface area contributed by atoms with Crippen LogP contribution in [0.5, 0.6) is 0 Å². The van der Waals surface area contributed by atoms with Gasteiger partial charge in [-0.1, -0.05) is 30.3 Å². The second-order valence-corrected chi connectivity index (χ2v) is 3.63. The topological polar surface area (TPSA) is 40.5 Å². The van der Waals surface area contributed by atoms with Crippen LogP contribution in [0.1, 0.15) is 18.9 Å². The summed E-state index contributed by atoms with van der Waals surface area (Å²) < 4.78 is 0. The molecule has 0 fully saturated rings. The minimum atomic E-state index is -0.796. The van der Waals surface area contributed by atoms with Crippen LogP contribution >= 0.6 is 0 Å². The van der Waals surface area contributed by atoms with Crippen LogP contribution in [0.15, 0.2) is 30.3 Å².